The number of aromatic nitrogens is 1. The number of rotatable bonds is 16. The minimum atomic E-state index is -1.11. The van der Waals surface area contributed by atoms with Gasteiger partial charge in [0.2, 0.25) is 5.91 Å². The molecule has 1 aromatic heterocycles. The molecular formula is C28H38ClFN4O4. The SMILES string of the molecule is COC(CF)CN(CCCCc1ccc2c(n1)NCCC2)CCC(NC(=O)Cc1ccccc1Cl)C(=O)O. The van der Waals surface area contributed by atoms with E-state index in [4.69, 9.17) is 21.3 Å². The van der Waals surface area contributed by atoms with Crippen LogP contribution in [0.5, 0.6) is 0 Å². The van der Waals surface area contributed by atoms with E-state index in [9.17, 15) is 19.1 Å². The van der Waals surface area contributed by atoms with Gasteiger partial charge in [-0.25, -0.2) is 14.2 Å². The molecule has 1 aliphatic heterocycles. The molecule has 0 bridgehead atoms. The number of hydrogen-bond acceptors (Lipinski definition) is 6. The number of amides is 1. The molecule has 0 radical (unpaired) electrons. The highest BCUT2D eigenvalue weighted by Crippen LogP contribution is 2.20. The number of nitrogens with zero attached hydrogens (tertiary/aromatic N) is 2. The molecule has 1 amide bonds. The van der Waals surface area contributed by atoms with Crippen LogP contribution >= 0.6 is 11.6 Å². The first-order chi connectivity index (χ1) is 18.4. The number of aliphatic carboxylic acids is 1. The van der Waals surface area contributed by atoms with Crippen molar-refractivity contribution in [2.45, 2.75) is 57.1 Å². The Kier molecular flexibility index (Phi) is 12.2. The minimum absolute atomic E-state index is 0.00693. The van der Waals surface area contributed by atoms with Crippen LogP contribution in [0.1, 0.15) is 42.5 Å². The van der Waals surface area contributed by atoms with E-state index in [1.807, 2.05) is 4.90 Å². The molecule has 8 nitrogen and oxygen atoms in total. The second kappa shape index (κ2) is 15.6. The molecular weight excluding hydrogens is 511 g/mol. The van der Waals surface area contributed by atoms with E-state index in [2.05, 4.69) is 22.8 Å². The lowest BCUT2D eigenvalue weighted by Gasteiger charge is -2.27. The maximum absolute atomic E-state index is 13.4. The number of carboxylic acid groups (broad SMARTS) is 1. The zero-order valence-corrected chi connectivity index (χ0v) is 22.7. The van der Waals surface area contributed by atoms with Gasteiger partial charge in [-0.05, 0) is 68.3 Å². The number of carbonyl (C=O) groups is 2. The van der Waals surface area contributed by atoms with Gasteiger partial charge in [0.05, 0.1) is 12.5 Å². The summed E-state index contributed by atoms with van der Waals surface area (Å²) >= 11 is 6.12. The molecule has 3 N–H and O–H groups in total. The van der Waals surface area contributed by atoms with Gasteiger partial charge >= 0.3 is 5.97 Å². The zero-order valence-electron chi connectivity index (χ0n) is 21.9. The number of pyridine rings is 1. The van der Waals surface area contributed by atoms with E-state index in [0.29, 0.717) is 30.2 Å². The summed E-state index contributed by atoms with van der Waals surface area (Å²) in [5.41, 5.74) is 2.93. The van der Waals surface area contributed by atoms with Crippen molar-refractivity contribution in [1.82, 2.24) is 15.2 Å². The number of methoxy groups -OCH3 is 1. The number of anilines is 1. The van der Waals surface area contributed by atoms with Crippen molar-refractivity contribution in [3.63, 3.8) is 0 Å². The zero-order chi connectivity index (χ0) is 27.3. The summed E-state index contributed by atoms with van der Waals surface area (Å²) in [6.45, 7) is 1.70. The van der Waals surface area contributed by atoms with Crippen LogP contribution in [-0.2, 0) is 33.6 Å². The molecule has 0 spiro atoms. The van der Waals surface area contributed by atoms with Crippen LogP contribution in [-0.4, -0.2) is 79.0 Å². The second-order valence-corrected chi connectivity index (χ2v) is 10.0. The number of ether oxygens (including phenoxy) is 1. The van der Waals surface area contributed by atoms with E-state index in [1.165, 1.54) is 12.7 Å². The summed E-state index contributed by atoms with van der Waals surface area (Å²) < 4.78 is 18.6. The molecule has 1 aromatic carbocycles. The number of nitrogens with one attached hydrogen (secondary N) is 2. The van der Waals surface area contributed by atoms with Crippen molar-refractivity contribution >= 4 is 29.3 Å². The minimum Gasteiger partial charge on any atom is -0.480 e. The molecule has 2 unspecified atom stereocenters. The Morgan fingerprint density at radius 1 is 1.24 bits per heavy atom. The Bertz CT molecular complexity index is 1050. The smallest absolute Gasteiger partial charge is 0.326 e. The van der Waals surface area contributed by atoms with Crippen molar-refractivity contribution in [1.29, 1.82) is 0 Å². The summed E-state index contributed by atoms with van der Waals surface area (Å²) in [5.74, 6) is -0.543. The number of alkyl halides is 1. The number of carbonyl (C=O) groups excluding carboxylic acids is 1. The largest absolute Gasteiger partial charge is 0.480 e. The van der Waals surface area contributed by atoms with Gasteiger partial charge in [-0.1, -0.05) is 35.9 Å². The number of fused-ring (bicyclic) bond motifs is 1. The summed E-state index contributed by atoms with van der Waals surface area (Å²) in [7, 11) is 1.47. The summed E-state index contributed by atoms with van der Waals surface area (Å²) in [6.07, 6.45) is 4.32. The Labute approximate surface area is 228 Å². The number of aryl methyl sites for hydroxylation is 2. The molecule has 0 saturated carbocycles. The van der Waals surface area contributed by atoms with Crippen LogP contribution in [0.25, 0.3) is 0 Å². The van der Waals surface area contributed by atoms with Gasteiger partial charge in [-0.3, -0.25) is 4.79 Å². The summed E-state index contributed by atoms with van der Waals surface area (Å²) in [6, 6.07) is 10.1. The Morgan fingerprint density at radius 3 is 2.79 bits per heavy atom. The third-order valence-electron chi connectivity index (χ3n) is 6.75. The number of unbranched alkanes of at least 4 members (excludes halogenated alkanes) is 1. The van der Waals surface area contributed by atoms with Crippen molar-refractivity contribution < 1.29 is 23.8 Å². The van der Waals surface area contributed by atoms with Crippen molar-refractivity contribution in [2.24, 2.45) is 0 Å². The fourth-order valence-corrected chi connectivity index (χ4v) is 4.75. The number of hydrogen-bond donors (Lipinski definition) is 3. The highest BCUT2D eigenvalue weighted by molar-refractivity contribution is 6.31. The Balaban J connectivity index is 1.51. The molecule has 2 atom stereocenters. The molecule has 0 aliphatic carbocycles. The van der Waals surface area contributed by atoms with Gasteiger partial charge in [0, 0.05) is 37.5 Å². The van der Waals surface area contributed by atoms with Gasteiger partial charge in [0.1, 0.15) is 18.5 Å². The maximum atomic E-state index is 13.4. The fraction of sp³-hybridized carbons (Fsp3) is 0.536. The van der Waals surface area contributed by atoms with Crippen LogP contribution in [0.15, 0.2) is 36.4 Å². The predicted octanol–water partition coefficient (Wildman–Crippen LogP) is 3.90. The van der Waals surface area contributed by atoms with E-state index in [1.54, 1.807) is 24.3 Å². The van der Waals surface area contributed by atoms with Crippen LogP contribution in [0, 0.1) is 0 Å². The molecule has 2 aromatic rings. The first kappa shape index (κ1) is 29.8. The average Bonchev–Trinajstić information content (AvgIpc) is 2.92. The summed E-state index contributed by atoms with van der Waals surface area (Å²) in [5, 5.41) is 16.1. The first-order valence-electron chi connectivity index (χ1n) is 13.2. The monoisotopic (exact) mass is 548 g/mol. The van der Waals surface area contributed by atoms with Gasteiger partial charge in [-0.2, -0.15) is 0 Å². The van der Waals surface area contributed by atoms with Crippen LogP contribution in [0.3, 0.4) is 0 Å². The van der Waals surface area contributed by atoms with Crippen molar-refractivity contribution in [3.05, 3.63) is 58.2 Å². The topological polar surface area (TPSA) is 104 Å². The molecule has 38 heavy (non-hydrogen) atoms. The van der Waals surface area contributed by atoms with E-state index in [-0.39, 0.29) is 12.8 Å². The van der Waals surface area contributed by atoms with E-state index in [0.717, 1.165) is 50.2 Å². The van der Waals surface area contributed by atoms with Gasteiger partial charge in [-0.15, -0.1) is 0 Å². The normalized spacial score (nSPS) is 14.4. The van der Waals surface area contributed by atoms with Crippen LogP contribution in [0.4, 0.5) is 10.2 Å². The molecule has 208 valence electrons. The number of carboxylic acids is 1. The molecule has 10 heteroatoms. The third-order valence-corrected chi connectivity index (χ3v) is 7.12. The molecule has 2 heterocycles. The predicted molar refractivity (Wildman–Crippen MR) is 147 cm³/mol. The Morgan fingerprint density at radius 2 is 2.05 bits per heavy atom. The van der Waals surface area contributed by atoms with E-state index >= 15 is 0 Å². The molecule has 0 fully saturated rings. The average molecular weight is 549 g/mol. The maximum Gasteiger partial charge on any atom is 0.326 e. The quantitative estimate of drug-likeness (QED) is 0.273. The number of benzene rings is 1. The lowest BCUT2D eigenvalue weighted by atomic mass is 10.1. The lowest BCUT2D eigenvalue weighted by Crippen LogP contribution is -2.45. The highest BCUT2D eigenvalue weighted by atomic mass is 35.5. The van der Waals surface area contributed by atoms with Gasteiger partial charge in [0.25, 0.3) is 0 Å². The fourth-order valence-electron chi connectivity index (χ4n) is 4.55. The Hall–Kier alpha value is -2.75. The van der Waals surface area contributed by atoms with Gasteiger partial charge in [0.15, 0.2) is 0 Å². The second-order valence-electron chi connectivity index (χ2n) is 9.63. The first-order valence-corrected chi connectivity index (χ1v) is 13.6. The number of halogens is 2. The highest BCUT2D eigenvalue weighted by Gasteiger charge is 2.23. The van der Waals surface area contributed by atoms with Crippen molar-refractivity contribution in [2.75, 3.05) is 45.3 Å². The molecule has 0 saturated heterocycles. The summed E-state index contributed by atoms with van der Waals surface area (Å²) in [4.78, 5) is 31.1. The lowest BCUT2D eigenvalue weighted by molar-refractivity contribution is -0.142. The molecule has 3 rings (SSSR count). The van der Waals surface area contributed by atoms with Crippen LogP contribution in [0.2, 0.25) is 5.02 Å². The van der Waals surface area contributed by atoms with Gasteiger partial charge < -0.3 is 25.4 Å². The standard InChI is InChI=1S/C28H38ClFN4O4/c1-38-23(18-30)19-34(15-5-4-9-22-12-11-20-8-6-14-31-27(20)32-22)16-13-25(28(36)37)33-26(35)17-21-7-2-3-10-24(21)29/h2-3,7,10-12,23,25H,4-6,8-9,13-19H2,1H3,(H,31,32)(H,33,35)(H,36,37). The third kappa shape index (κ3) is 9.53. The van der Waals surface area contributed by atoms with Crippen molar-refractivity contribution in [3.8, 4) is 0 Å². The molecule has 1 aliphatic rings. The van der Waals surface area contributed by atoms with Crippen LogP contribution < -0.4 is 10.6 Å². The van der Waals surface area contributed by atoms with E-state index < -0.39 is 30.7 Å².